The van der Waals surface area contributed by atoms with Crippen LogP contribution in [0.15, 0.2) is 48.5 Å². The highest BCUT2D eigenvalue weighted by atomic mass is 16.5. The lowest BCUT2D eigenvalue weighted by Crippen LogP contribution is -3.08. The number of hydrogen-bond acceptors (Lipinski definition) is 3. The Balaban J connectivity index is 1.87. The number of nitrogens with one attached hydrogen (secondary N) is 3. The van der Waals surface area contributed by atoms with E-state index in [9.17, 15) is 9.59 Å². The second-order valence-electron chi connectivity index (χ2n) is 6.10. The van der Waals surface area contributed by atoms with Crippen LogP contribution in [0.2, 0.25) is 0 Å². The molecule has 3 N–H and O–H groups in total. The van der Waals surface area contributed by atoms with Gasteiger partial charge in [-0.05, 0) is 49.4 Å². The van der Waals surface area contributed by atoms with Crippen molar-refractivity contribution in [3.05, 3.63) is 59.7 Å². The molecule has 0 aliphatic carbocycles. The number of carbonyl (C=O) groups is 2. The van der Waals surface area contributed by atoms with Gasteiger partial charge in [0.1, 0.15) is 12.3 Å². The molecular formula is C20H26N3O3+. The number of ether oxygens (including phenoxy) is 1. The first-order valence-corrected chi connectivity index (χ1v) is 8.67. The lowest BCUT2D eigenvalue weighted by molar-refractivity contribution is -0.885. The maximum atomic E-state index is 12.3. The minimum absolute atomic E-state index is 0.0949. The zero-order chi connectivity index (χ0) is 18.9. The third-order valence-electron chi connectivity index (χ3n) is 3.84. The molecule has 0 heterocycles. The van der Waals surface area contributed by atoms with E-state index in [-0.39, 0.29) is 11.8 Å². The van der Waals surface area contributed by atoms with Crippen molar-refractivity contribution in [3.8, 4) is 5.75 Å². The van der Waals surface area contributed by atoms with Gasteiger partial charge in [-0.15, -0.1) is 0 Å². The van der Waals surface area contributed by atoms with Crippen molar-refractivity contribution in [1.82, 2.24) is 5.32 Å². The molecule has 2 rings (SSSR count). The maximum Gasteiger partial charge on any atom is 0.279 e. The average molecular weight is 356 g/mol. The summed E-state index contributed by atoms with van der Waals surface area (Å²) in [5, 5.41) is 5.41. The van der Waals surface area contributed by atoms with Gasteiger partial charge in [0.05, 0.1) is 13.7 Å². The van der Waals surface area contributed by atoms with E-state index in [1.807, 2.05) is 38.2 Å². The Morgan fingerprint density at radius 2 is 1.85 bits per heavy atom. The lowest BCUT2D eigenvalue weighted by atomic mass is 10.2. The normalized spacial score (nSPS) is 11.5. The highest BCUT2D eigenvalue weighted by molar-refractivity contribution is 5.97. The molecule has 2 amide bonds. The highest BCUT2D eigenvalue weighted by Crippen LogP contribution is 2.12. The third kappa shape index (κ3) is 5.89. The summed E-state index contributed by atoms with van der Waals surface area (Å²) in [5.41, 5.74) is 2.27. The Bertz CT molecular complexity index is 744. The van der Waals surface area contributed by atoms with Gasteiger partial charge in [0.25, 0.3) is 11.8 Å². The molecule has 0 bridgehead atoms. The van der Waals surface area contributed by atoms with Crippen molar-refractivity contribution in [2.45, 2.75) is 13.5 Å². The minimum atomic E-state index is -0.181. The van der Waals surface area contributed by atoms with E-state index in [1.165, 1.54) is 0 Å². The molecule has 0 saturated carbocycles. The molecule has 0 aromatic heterocycles. The molecule has 0 aliphatic rings. The number of carbonyl (C=O) groups excluding carboxylic acids is 2. The van der Waals surface area contributed by atoms with Crippen molar-refractivity contribution in [3.63, 3.8) is 0 Å². The summed E-state index contributed by atoms with van der Waals surface area (Å²) in [6.07, 6.45) is 0. The predicted molar refractivity (Wildman–Crippen MR) is 102 cm³/mol. The van der Waals surface area contributed by atoms with Crippen molar-refractivity contribution in [2.75, 3.05) is 32.6 Å². The van der Waals surface area contributed by atoms with E-state index in [0.29, 0.717) is 24.4 Å². The Morgan fingerprint density at radius 1 is 1.12 bits per heavy atom. The van der Waals surface area contributed by atoms with Gasteiger partial charge >= 0.3 is 0 Å². The van der Waals surface area contributed by atoms with Crippen molar-refractivity contribution in [2.24, 2.45) is 0 Å². The highest BCUT2D eigenvalue weighted by Gasteiger charge is 2.12. The lowest BCUT2D eigenvalue weighted by Gasteiger charge is -2.14. The second kappa shape index (κ2) is 9.58. The Kier molecular flexibility index (Phi) is 7.17. The molecule has 138 valence electrons. The van der Waals surface area contributed by atoms with Gasteiger partial charge in [-0.25, -0.2) is 0 Å². The molecule has 0 saturated heterocycles. The van der Waals surface area contributed by atoms with E-state index in [0.717, 1.165) is 22.8 Å². The number of rotatable bonds is 8. The van der Waals surface area contributed by atoms with Crippen LogP contribution in [0, 0.1) is 0 Å². The summed E-state index contributed by atoms with van der Waals surface area (Å²) in [6.45, 7) is 3.66. The summed E-state index contributed by atoms with van der Waals surface area (Å²) in [4.78, 5) is 25.0. The van der Waals surface area contributed by atoms with Gasteiger partial charge in [0.15, 0.2) is 6.54 Å². The first kappa shape index (κ1) is 19.5. The average Bonchev–Trinajstić information content (AvgIpc) is 2.63. The molecule has 6 heteroatoms. The van der Waals surface area contributed by atoms with Gasteiger partial charge in [0.2, 0.25) is 0 Å². The number of anilines is 1. The fraction of sp³-hybridized carbons (Fsp3) is 0.300. The molecule has 6 nitrogen and oxygen atoms in total. The fourth-order valence-corrected chi connectivity index (χ4v) is 2.64. The SMILES string of the molecule is CCOc1ccc(C[NH+](C)CC(=O)Nc2cccc(C(=O)NC)c2)cc1. The van der Waals surface area contributed by atoms with E-state index >= 15 is 0 Å². The van der Waals surface area contributed by atoms with Gasteiger partial charge < -0.3 is 20.3 Å². The van der Waals surface area contributed by atoms with Gasteiger partial charge in [0, 0.05) is 23.9 Å². The van der Waals surface area contributed by atoms with E-state index in [1.54, 1.807) is 31.3 Å². The van der Waals surface area contributed by atoms with Crippen molar-refractivity contribution >= 4 is 17.5 Å². The Hall–Kier alpha value is -2.86. The summed E-state index contributed by atoms with van der Waals surface area (Å²) in [7, 11) is 3.55. The molecule has 0 spiro atoms. The van der Waals surface area contributed by atoms with Crippen LogP contribution in [0.4, 0.5) is 5.69 Å². The molecule has 2 aromatic carbocycles. The topological polar surface area (TPSA) is 71.9 Å². The molecule has 0 fully saturated rings. The standard InChI is InChI=1S/C20H25N3O3/c1-4-26-18-10-8-15(9-11-18)13-23(3)14-19(24)22-17-7-5-6-16(12-17)20(25)21-2/h5-12H,4,13-14H2,1-3H3,(H,21,25)(H,22,24)/p+1. The number of quaternary nitrogens is 1. The first-order chi connectivity index (χ1) is 12.5. The zero-order valence-electron chi connectivity index (χ0n) is 15.5. The third-order valence-corrected chi connectivity index (χ3v) is 3.84. The maximum absolute atomic E-state index is 12.3. The van der Waals surface area contributed by atoms with E-state index in [2.05, 4.69) is 10.6 Å². The van der Waals surface area contributed by atoms with Gasteiger partial charge in [-0.2, -0.15) is 0 Å². The Morgan fingerprint density at radius 3 is 2.50 bits per heavy atom. The van der Waals surface area contributed by atoms with Crippen LogP contribution >= 0.6 is 0 Å². The largest absolute Gasteiger partial charge is 0.494 e. The van der Waals surface area contributed by atoms with Crippen LogP contribution in [0.5, 0.6) is 5.75 Å². The number of likely N-dealkylation sites (N-methyl/N-ethyl adjacent to an activating group) is 1. The smallest absolute Gasteiger partial charge is 0.279 e. The fourth-order valence-electron chi connectivity index (χ4n) is 2.64. The monoisotopic (exact) mass is 356 g/mol. The van der Waals surface area contributed by atoms with Crippen LogP contribution in [0.25, 0.3) is 0 Å². The second-order valence-corrected chi connectivity index (χ2v) is 6.10. The number of hydrogen-bond donors (Lipinski definition) is 3. The van der Waals surface area contributed by atoms with Crippen LogP contribution in [-0.4, -0.2) is 39.1 Å². The number of benzene rings is 2. The quantitative estimate of drug-likeness (QED) is 0.663. The zero-order valence-corrected chi connectivity index (χ0v) is 15.5. The van der Waals surface area contributed by atoms with Crippen LogP contribution in [0.3, 0.4) is 0 Å². The Labute approximate surface area is 154 Å². The summed E-state index contributed by atoms with van der Waals surface area (Å²) < 4.78 is 5.43. The molecule has 0 radical (unpaired) electrons. The van der Waals surface area contributed by atoms with E-state index in [4.69, 9.17) is 4.74 Å². The number of amides is 2. The molecule has 1 unspecified atom stereocenters. The summed E-state index contributed by atoms with van der Waals surface area (Å²) in [6, 6.07) is 14.8. The van der Waals surface area contributed by atoms with Gasteiger partial charge in [-0.1, -0.05) is 6.07 Å². The molecule has 26 heavy (non-hydrogen) atoms. The summed E-state index contributed by atoms with van der Waals surface area (Å²) >= 11 is 0. The minimum Gasteiger partial charge on any atom is -0.494 e. The predicted octanol–water partition coefficient (Wildman–Crippen LogP) is 1.10. The molecular weight excluding hydrogens is 330 g/mol. The van der Waals surface area contributed by atoms with E-state index < -0.39 is 0 Å². The van der Waals surface area contributed by atoms with Gasteiger partial charge in [-0.3, -0.25) is 9.59 Å². The van der Waals surface area contributed by atoms with Crippen LogP contribution in [0.1, 0.15) is 22.8 Å². The van der Waals surface area contributed by atoms with Crippen LogP contribution in [-0.2, 0) is 11.3 Å². The summed E-state index contributed by atoms with van der Waals surface area (Å²) in [5.74, 6) is 0.574. The van der Waals surface area contributed by atoms with Crippen molar-refractivity contribution in [1.29, 1.82) is 0 Å². The van der Waals surface area contributed by atoms with Crippen molar-refractivity contribution < 1.29 is 19.2 Å². The van der Waals surface area contributed by atoms with Crippen LogP contribution < -0.4 is 20.3 Å². The molecule has 1 atom stereocenters. The molecule has 2 aromatic rings. The first-order valence-electron chi connectivity index (χ1n) is 8.67. The molecule has 0 aliphatic heterocycles.